The lowest BCUT2D eigenvalue weighted by molar-refractivity contribution is -0.185. The third kappa shape index (κ3) is 7.48. The van der Waals surface area contributed by atoms with Gasteiger partial charge in [0, 0.05) is 31.1 Å². The molecule has 0 aromatic carbocycles. The zero-order valence-electron chi connectivity index (χ0n) is 24.0. The number of hydrogen-bond donors (Lipinski definition) is 0. The first-order valence-electron chi connectivity index (χ1n) is 14.2. The summed E-state index contributed by atoms with van der Waals surface area (Å²) in [5.74, 6) is -0.748. The van der Waals surface area contributed by atoms with E-state index in [0.717, 1.165) is 24.8 Å². The van der Waals surface area contributed by atoms with Crippen molar-refractivity contribution in [2.75, 3.05) is 26.9 Å². The largest absolute Gasteiger partial charge is 0.462 e. The molecule has 8 heteroatoms. The summed E-state index contributed by atoms with van der Waals surface area (Å²) < 4.78 is 35.9. The summed E-state index contributed by atoms with van der Waals surface area (Å²) in [5, 5.41) is 0. The summed E-state index contributed by atoms with van der Waals surface area (Å²) in [6, 6.07) is 0. The van der Waals surface area contributed by atoms with Gasteiger partial charge in [0.1, 0.15) is 24.4 Å². The first-order valence-corrected chi connectivity index (χ1v) is 14.2. The average molecular weight is 545 g/mol. The van der Waals surface area contributed by atoms with Crippen molar-refractivity contribution in [3.05, 3.63) is 47.6 Å². The fourth-order valence-corrected chi connectivity index (χ4v) is 5.76. The Kier molecular flexibility index (Phi) is 9.86. The SMILES string of the molecule is CCC1CC2OC3C=C(C)CCC3(COC(=O)/C=C(\C)CCOC(C(C)OC)/C=C/C=C\C(=O)O1)CC21CO1. The van der Waals surface area contributed by atoms with E-state index in [1.165, 1.54) is 11.6 Å². The topological polar surface area (TPSA) is 92.8 Å². The van der Waals surface area contributed by atoms with Gasteiger partial charge in [-0.1, -0.05) is 42.4 Å². The van der Waals surface area contributed by atoms with Gasteiger partial charge in [0.15, 0.2) is 0 Å². The van der Waals surface area contributed by atoms with Gasteiger partial charge in [0.05, 0.1) is 31.5 Å². The molecule has 2 bridgehead atoms. The molecule has 0 amide bonds. The number of rotatable bonds is 3. The Labute approximate surface area is 232 Å². The van der Waals surface area contributed by atoms with Crippen molar-refractivity contribution in [1.82, 2.24) is 0 Å². The molecule has 4 heterocycles. The van der Waals surface area contributed by atoms with E-state index in [1.807, 2.05) is 26.8 Å². The Morgan fingerprint density at radius 2 is 1.90 bits per heavy atom. The van der Waals surface area contributed by atoms with Crippen molar-refractivity contribution in [2.24, 2.45) is 5.41 Å². The zero-order valence-corrected chi connectivity index (χ0v) is 24.0. The van der Waals surface area contributed by atoms with Gasteiger partial charge in [-0.05, 0) is 52.9 Å². The van der Waals surface area contributed by atoms with Crippen molar-refractivity contribution in [1.29, 1.82) is 0 Å². The van der Waals surface area contributed by atoms with Crippen LogP contribution in [0.15, 0.2) is 47.6 Å². The van der Waals surface area contributed by atoms with Crippen LogP contribution < -0.4 is 0 Å². The molecule has 5 aliphatic rings. The standard InChI is InChI=1S/C31H44O8/c1-6-24-17-27-31(20-37-31)18-30(13-11-21(2)15-26(30)39-27)19-36-29(33)16-22(3)12-14-35-25(23(4)34-5)9-7-8-10-28(32)38-24/h7-10,15-16,23-27H,6,11-14,17-20H2,1-5H3/b9-7+,10-8-,22-16+. The van der Waals surface area contributed by atoms with Crippen molar-refractivity contribution in [3.63, 3.8) is 0 Å². The molecule has 0 aromatic rings. The Morgan fingerprint density at radius 1 is 1.10 bits per heavy atom. The van der Waals surface area contributed by atoms with Crippen LogP contribution in [-0.2, 0) is 38.0 Å². The summed E-state index contributed by atoms with van der Waals surface area (Å²) >= 11 is 0. The third-order valence-corrected chi connectivity index (χ3v) is 8.49. The first kappa shape index (κ1) is 29.7. The molecule has 0 N–H and O–H groups in total. The molecule has 1 aliphatic carbocycles. The van der Waals surface area contributed by atoms with Crippen molar-refractivity contribution < 1.29 is 38.0 Å². The number of epoxide rings is 1. The fraction of sp³-hybridized carbons (Fsp3) is 0.677. The summed E-state index contributed by atoms with van der Waals surface area (Å²) in [6.07, 6.45) is 13.6. The lowest BCUT2D eigenvalue weighted by Crippen LogP contribution is -2.56. The summed E-state index contributed by atoms with van der Waals surface area (Å²) in [4.78, 5) is 25.4. The number of hydrogen-bond acceptors (Lipinski definition) is 8. The number of carbonyl (C=O) groups is 2. The smallest absolute Gasteiger partial charge is 0.331 e. The van der Waals surface area contributed by atoms with Crippen LogP contribution in [0.4, 0.5) is 0 Å². The highest BCUT2D eigenvalue weighted by Gasteiger charge is 2.63. The second-order valence-electron chi connectivity index (χ2n) is 11.5. The predicted molar refractivity (Wildman–Crippen MR) is 146 cm³/mol. The molecule has 7 atom stereocenters. The van der Waals surface area contributed by atoms with Crippen molar-refractivity contribution in [2.45, 2.75) is 102 Å². The molecule has 39 heavy (non-hydrogen) atoms. The van der Waals surface area contributed by atoms with E-state index < -0.39 is 11.6 Å². The maximum atomic E-state index is 12.8. The molecule has 0 saturated carbocycles. The van der Waals surface area contributed by atoms with E-state index in [-0.39, 0.29) is 48.5 Å². The van der Waals surface area contributed by atoms with Gasteiger partial charge in [-0.25, -0.2) is 9.59 Å². The van der Waals surface area contributed by atoms with Crippen LogP contribution in [-0.4, -0.2) is 75.0 Å². The number of esters is 2. The Balaban J connectivity index is 1.58. The van der Waals surface area contributed by atoms with E-state index in [9.17, 15) is 9.59 Å². The number of carbonyl (C=O) groups excluding carboxylic acids is 2. The van der Waals surface area contributed by atoms with Gasteiger partial charge in [0.25, 0.3) is 0 Å². The van der Waals surface area contributed by atoms with E-state index in [1.54, 1.807) is 25.3 Å². The second kappa shape index (κ2) is 12.9. The summed E-state index contributed by atoms with van der Waals surface area (Å²) in [7, 11) is 1.63. The number of methoxy groups -OCH3 is 1. The molecular weight excluding hydrogens is 500 g/mol. The van der Waals surface area contributed by atoms with Gasteiger partial charge in [0.2, 0.25) is 0 Å². The van der Waals surface area contributed by atoms with Gasteiger partial charge in [-0.3, -0.25) is 0 Å². The van der Waals surface area contributed by atoms with Gasteiger partial charge < -0.3 is 28.4 Å². The number of ether oxygens (including phenoxy) is 6. The molecular formula is C31H44O8. The van der Waals surface area contributed by atoms with Crippen LogP contribution in [0.2, 0.25) is 0 Å². The summed E-state index contributed by atoms with van der Waals surface area (Å²) in [6.45, 7) is 9.21. The fourth-order valence-electron chi connectivity index (χ4n) is 5.76. The molecule has 7 unspecified atom stereocenters. The Bertz CT molecular complexity index is 1010. The lowest BCUT2D eigenvalue weighted by atomic mass is 9.65. The van der Waals surface area contributed by atoms with Crippen LogP contribution in [0.3, 0.4) is 0 Å². The highest BCUT2D eigenvalue weighted by atomic mass is 16.6. The monoisotopic (exact) mass is 544 g/mol. The first-order chi connectivity index (χ1) is 18.7. The van der Waals surface area contributed by atoms with Crippen LogP contribution in [0.25, 0.3) is 0 Å². The van der Waals surface area contributed by atoms with Gasteiger partial charge in [-0.15, -0.1) is 0 Å². The normalized spacial score (nSPS) is 40.1. The molecule has 2 spiro atoms. The second-order valence-corrected chi connectivity index (χ2v) is 11.5. The third-order valence-electron chi connectivity index (χ3n) is 8.49. The quantitative estimate of drug-likeness (QED) is 0.285. The molecule has 2 fully saturated rings. The molecule has 4 aliphatic heterocycles. The number of allylic oxidation sites excluding steroid dienone is 3. The minimum absolute atomic E-state index is 0.185. The molecule has 216 valence electrons. The number of fused-ring (bicyclic) bond motifs is 13. The van der Waals surface area contributed by atoms with Crippen LogP contribution >= 0.6 is 0 Å². The highest BCUT2D eigenvalue weighted by Crippen LogP contribution is 2.55. The Hall–Kier alpha value is -2.26. The molecule has 0 radical (unpaired) electrons. The molecule has 5 rings (SSSR count). The van der Waals surface area contributed by atoms with Crippen LogP contribution in [0.1, 0.15) is 66.2 Å². The average Bonchev–Trinajstić information content (AvgIpc) is 3.68. The predicted octanol–water partition coefficient (Wildman–Crippen LogP) is 4.78. The van der Waals surface area contributed by atoms with E-state index in [4.69, 9.17) is 28.4 Å². The summed E-state index contributed by atoms with van der Waals surface area (Å²) in [5.41, 5.74) is 1.37. The van der Waals surface area contributed by atoms with E-state index in [0.29, 0.717) is 32.5 Å². The molecule has 8 nitrogen and oxygen atoms in total. The van der Waals surface area contributed by atoms with Crippen molar-refractivity contribution in [3.8, 4) is 0 Å². The molecule has 2 saturated heterocycles. The van der Waals surface area contributed by atoms with E-state index in [2.05, 4.69) is 13.0 Å². The van der Waals surface area contributed by atoms with Crippen LogP contribution in [0, 0.1) is 5.41 Å². The highest BCUT2D eigenvalue weighted by molar-refractivity contribution is 5.83. The zero-order chi connectivity index (χ0) is 28.0. The lowest BCUT2D eigenvalue weighted by Gasteiger charge is -2.50. The maximum absolute atomic E-state index is 12.8. The maximum Gasteiger partial charge on any atom is 0.331 e. The van der Waals surface area contributed by atoms with Gasteiger partial charge in [-0.2, -0.15) is 0 Å². The van der Waals surface area contributed by atoms with E-state index >= 15 is 0 Å². The van der Waals surface area contributed by atoms with Crippen LogP contribution in [0.5, 0.6) is 0 Å². The minimum Gasteiger partial charge on any atom is -0.462 e. The molecule has 0 aromatic heterocycles. The van der Waals surface area contributed by atoms with Crippen molar-refractivity contribution >= 4 is 11.9 Å². The minimum atomic E-state index is -0.435. The Morgan fingerprint density at radius 3 is 2.62 bits per heavy atom. The van der Waals surface area contributed by atoms with Gasteiger partial charge >= 0.3 is 11.9 Å².